The maximum absolute atomic E-state index is 12.2. The molecule has 20 heavy (non-hydrogen) atoms. The fourth-order valence-corrected chi connectivity index (χ4v) is 2.60. The fraction of sp³-hybridized carbons (Fsp3) is 0.562. The van der Waals surface area contributed by atoms with E-state index in [0.717, 1.165) is 42.5 Å². The summed E-state index contributed by atoms with van der Waals surface area (Å²) in [5, 5.41) is 0.802. The summed E-state index contributed by atoms with van der Waals surface area (Å²) in [6, 6.07) is 6.16. The molecule has 4 heteroatoms. The normalized spacial score (nSPS) is 16.4. The number of benzene rings is 1. The quantitative estimate of drug-likeness (QED) is 0.793. The van der Waals surface area contributed by atoms with Crippen LogP contribution >= 0.6 is 11.6 Å². The molecule has 0 atom stereocenters. The summed E-state index contributed by atoms with van der Waals surface area (Å²) in [4.78, 5) is 16.5. The Bertz CT molecular complexity index is 500. The lowest BCUT2D eigenvalue weighted by Gasteiger charge is -2.38. The van der Waals surface area contributed by atoms with E-state index in [-0.39, 0.29) is 11.3 Å². The van der Waals surface area contributed by atoms with Gasteiger partial charge in [0.05, 0.1) is 0 Å². The molecule has 0 saturated carbocycles. The number of hydrogen-bond donors (Lipinski definition) is 0. The first-order valence-electron chi connectivity index (χ1n) is 7.09. The van der Waals surface area contributed by atoms with Crippen molar-refractivity contribution in [3.05, 3.63) is 28.8 Å². The number of nitrogens with zero attached hydrogens (tertiary/aromatic N) is 2. The third-order valence-electron chi connectivity index (χ3n) is 3.73. The van der Waals surface area contributed by atoms with Gasteiger partial charge in [0.25, 0.3) is 0 Å². The van der Waals surface area contributed by atoms with Crippen LogP contribution < -0.4 is 4.90 Å². The number of hydrogen-bond acceptors (Lipinski definition) is 2. The largest absolute Gasteiger partial charge is 0.368 e. The van der Waals surface area contributed by atoms with E-state index in [4.69, 9.17) is 11.6 Å². The van der Waals surface area contributed by atoms with Crippen molar-refractivity contribution >= 4 is 23.2 Å². The highest BCUT2D eigenvalue weighted by atomic mass is 35.5. The van der Waals surface area contributed by atoms with E-state index in [9.17, 15) is 4.79 Å². The van der Waals surface area contributed by atoms with Crippen LogP contribution in [0.25, 0.3) is 0 Å². The number of carbonyl (C=O) groups excluding carboxylic acids is 1. The summed E-state index contributed by atoms with van der Waals surface area (Å²) in [5.41, 5.74) is 1.94. The molecule has 1 fully saturated rings. The molecule has 0 unspecified atom stereocenters. The Morgan fingerprint density at radius 2 is 1.75 bits per heavy atom. The Morgan fingerprint density at radius 3 is 2.25 bits per heavy atom. The van der Waals surface area contributed by atoms with E-state index in [0.29, 0.717) is 0 Å². The second-order valence-corrected chi connectivity index (χ2v) is 6.87. The monoisotopic (exact) mass is 294 g/mol. The van der Waals surface area contributed by atoms with Crippen LogP contribution in [-0.4, -0.2) is 37.0 Å². The maximum Gasteiger partial charge on any atom is 0.228 e. The van der Waals surface area contributed by atoms with Gasteiger partial charge in [-0.3, -0.25) is 4.79 Å². The lowest BCUT2D eigenvalue weighted by Crippen LogP contribution is -2.51. The van der Waals surface area contributed by atoms with E-state index in [1.54, 1.807) is 0 Å². The van der Waals surface area contributed by atoms with Crippen molar-refractivity contribution in [3.63, 3.8) is 0 Å². The SMILES string of the molecule is Cc1ccc(N2CCN(C(=O)C(C)(C)C)CC2)cc1Cl. The zero-order chi connectivity index (χ0) is 14.9. The number of amides is 1. The molecule has 2 rings (SSSR count). The number of rotatable bonds is 1. The molecule has 1 aromatic rings. The highest BCUT2D eigenvalue weighted by molar-refractivity contribution is 6.31. The lowest BCUT2D eigenvalue weighted by atomic mass is 9.94. The third kappa shape index (κ3) is 3.26. The molecule has 0 N–H and O–H groups in total. The van der Waals surface area contributed by atoms with Gasteiger partial charge in [-0.15, -0.1) is 0 Å². The number of halogens is 1. The van der Waals surface area contributed by atoms with Crippen molar-refractivity contribution in [2.75, 3.05) is 31.1 Å². The van der Waals surface area contributed by atoms with Gasteiger partial charge in [0.1, 0.15) is 0 Å². The van der Waals surface area contributed by atoms with Crippen molar-refractivity contribution in [2.24, 2.45) is 5.41 Å². The minimum absolute atomic E-state index is 0.235. The first-order chi connectivity index (χ1) is 9.29. The van der Waals surface area contributed by atoms with Crippen molar-refractivity contribution in [3.8, 4) is 0 Å². The second-order valence-electron chi connectivity index (χ2n) is 6.46. The third-order valence-corrected chi connectivity index (χ3v) is 4.14. The Morgan fingerprint density at radius 1 is 1.15 bits per heavy atom. The molecule has 1 aromatic carbocycles. The number of piperazine rings is 1. The Hall–Kier alpha value is -1.22. The molecule has 0 radical (unpaired) electrons. The fourth-order valence-electron chi connectivity index (χ4n) is 2.42. The van der Waals surface area contributed by atoms with Crippen molar-refractivity contribution < 1.29 is 4.79 Å². The van der Waals surface area contributed by atoms with E-state index >= 15 is 0 Å². The molecule has 1 aliphatic heterocycles. The smallest absolute Gasteiger partial charge is 0.228 e. The molecule has 0 bridgehead atoms. The maximum atomic E-state index is 12.2. The van der Waals surface area contributed by atoms with Gasteiger partial charge in [-0.1, -0.05) is 38.4 Å². The number of anilines is 1. The zero-order valence-electron chi connectivity index (χ0n) is 12.7. The Kier molecular flexibility index (Phi) is 4.28. The molecule has 0 aliphatic carbocycles. The van der Waals surface area contributed by atoms with Gasteiger partial charge in [0.15, 0.2) is 0 Å². The van der Waals surface area contributed by atoms with E-state index < -0.39 is 0 Å². The van der Waals surface area contributed by atoms with Gasteiger partial charge < -0.3 is 9.80 Å². The molecular weight excluding hydrogens is 272 g/mol. The predicted octanol–water partition coefficient (Wildman–Crippen LogP) is 3.34. The van der Waals surface area contributed by atoms with E-state index in [1.165, 1.54) is 0 Å². The minimum Gasteiger partial charge on any atom is -0.368 e. The molecule has 0 spiro atoms. The van der Waals surface area contributed by atoms with Crippen molar-refractivity contribution in [1.82, 2.24) is 4.90 Å². The number of aryl methyl sites for hydroxylation is 1. The van der Waals surface area contributed by atoms with E-state index in [2.05, 4.69) is 11.0 Å². The molecule has 1 amide bonds. The average molecular weight is 295 g/mol. The van der Waals surface area contributed by atoms with Gasteiger partial charge in [0.2, 0.25) is 5.91 Å². The molecule has 1 heterocycles. The summed E-state index contributed by atoms with van der Waals surface area (Å²) in [7, 11) is 0. The van der Waals surface area contributed by atoms with Crippen LogP contribution in [-0.2, 0) is 4.79 Å². The molecule has 1 aliphatic rings. The predicted molar refractivity (Wildman–Crippen MR) is 84.4 cm³/mol. The van der Waals surface area contributed by atoms with Crippen LogP contribution in [0.1, 0.15) is 26.3 Å². The number of carbonyl (C=O) groups is 1. The summed E-state index contributed by atoms with van der Waals surface area (Å²) >= 11 is 6.18. The minimum atomic E-state index is -0.296. The highest BCUT2D eigenvalue weighted by Crippen LogP contribution is 2.25. The van der Waals surface area contributed by atoms with Crippen molar-refractivity contribution in [2.45, 2.75) is 27.7 Å². The average Bonchev–Trinajstić information content (AvgIpc) is 2.40. The van der Waals surface area contributed by atoms with Crippen molar-refractivity contribution in [1.29, 1.82) is 0 Å². The van der Waals surface area contributed by atoms with Crippen LogP contribution in [0.4, 0.5) is 5.69 Å². The van der Waals surface area contributed by atoms with Gasteiger partial charge in [-0.25, -0.2) is 0 Å². The lowest BCUT2D eigenvalue weighted by molar-refractivity contribution is -0.139. The highest BCUT2D eigenvalue weighted by Gasteiger charge is 2.29. The molecule has 110 valence electrons. The molecule has 3 nitrogen and oxygen atoms in total. The summed E-state index contributed by atoms with van der Waals surface area (Å²) in [5.74, 6) is 0.235. The van der Waals surface area contributed by atoms with Crippen LogP contribution in [0.5, 0.6) is 0 Å². The Labute approximate surface area is 126 Å². The van der Waals surface area contributed by atoms with Crippen LogP contribution in [0.3, 0.4) is 0 Å². The van der Waals surface area contributed by atoms with Gasteiger partial charge >= 0.3 is 0 Å². The second kappa shape index (κ2) is 5.65. The van der Waals surface area contributed by atoms with Crippen LogP contribution in [0.15, 0.2) is 18.2 Å². The molecular formula is C16H23ClN2O. The molecule has 0 aromatic heterocycles. The first kappa shape index (κ1) is 15.2. The zero-order valence-corrected chi connectivity index (χ0v) is 13.5. The van der Waals surface area contributed by atoms with Gasteiger partial charge in [-0.2, -0.15) is 0 Å². The van der Waals surface area contributed by atoms with Gasteiger partial charge in [0, 0.05) is 42.3 Å². The molecule has 1 saturated heterocycles. The summed E-state index contributed by atoms with van der Waals surface area (Å²) < 4.78 is 0. The standard InChI is InChI=1S/C16H23ClN2O/c1-12-5-6-13(11-14(12)17)18-7-9-19(10-8-18)15(20)16(2,3)4/h5-6,11H,7-10H2,1-4H3. The van der Waals surface area contributed by atoms with Gasteiger partial charge in [-0.05, 0) is 24.6 Å². The Balaban J connectivity index is 2.01. The van der Waals surface area contributed by atoms with E-state index in [1.807, 2.05) is 44.7 Å². The summed E-state index contributed by atoms with van der Waals surface area (Å²) in [6.45, 7) is 11.2. The summed E-state index contributed by atoms with van der Waals surface area (Å²) in [6.07, 6.45) is 0. The topological polar surface area (TPSA) is 23.6 Å². The first-order valence-corrected chi connectivity index (χ1v) is 7.47. The van der Waals surface area contributed by atoms with Crippen LogP contribution in [0.2, 0.25) is 5.02 Å². The van der Waals surface area contributed by atoms with Crippen LogP contribution in [0, 0.1) is 12.3 Å².